The molecule has 2 saturated carbocycles. The van der Waals surface area contributed by atoms with Crippen LogP contribution in [0.1, 0.15) is 64.4 Å². The van der Waals surface area contributed by atoms with Crippen LogP contribution in [0.15, 0.2) is 30.5 Å². The Morgan fingerprint density at radius 1 is 1.07 bits per heavy atom. The molecular weight excluding hydrogens is 696 g/mol. The quantitative estimate of drug-likeness (QED) is 0.210. The number of aliphatic hydroxyl groups excluding tert-OH is 1. The Kier molecular flexibility index (Phi) is 8.96. The van der Waals surface area contributed by atoms with Gasteiger partial charge in [-0.2, -0.15) is 9.97 Å². The maximum absolute atomic E-state index is 17.2. The van der Waals surface area contributed by atoms with Gasteiger partial charge in [0.1, 0.15) is 34.2 Å². The van der Waals surface area contributed by atoms with Gasteiger partial charge in [-0.15, -0.1) is 0 Å². The summed E-state index contributed by atoms with van der Waals surface area (Å²) in [7, 11) is 0. The number of rotatable bonds is 8. The van der Waals surface area contributed by atoms with E-state index in [4.69, 9.17) is 24.2 Å². The number of nitrogens with zero attached hydrogens (tertiary/aromatic N) is 5. The zero-order chi connectivity index (χ0) is 37.4. The second kappa shape index (κ2) is 13.5. The summed E-state index contributed by atoms with van der Waals surface area (Å²) in [5.74, 6) is -0.999. The lowest BCUT2D eigenvalue weighted by Crippen LogP contribution is -2.64. The summed E-state index contributed by atoms with van der Waals surface area (Å²) in [6, 6.07) is 6.80. The van der Waals surface area contributed by atoms with Crippen molar-refractivity contribution in [1.82, 2.24) is 19.9 Å². The van der Waals surface area contributed by atoms with Crippen LogP contribution in [0.5, 0.6) is 11.8 Å². The molecule has 11 nitrogen and oxygen atoms in total. The first-order chi connectivity index (χ1) is 26.0. The monoisotopic (exact) mass is 745 g/mol. The van der Waals surface area contributed by atoms with Crippen molar-refractivity contribution in [2.24, 2.45) is 10.8 Å². The topological polar surface area (TPSA) is 134 Å². The summed E-state index contributed by atoms with van der Waals surface area (Å²) in [6.07, 6.45) is 8.94. The van der Waals surface area contributed by atoms with E-state index in [1.807, 2.05) is 6.92 Å². The number of phenols is 1. The van der Waals surface area contributed by atoms with Crippen molar-refractivity contribution in [2.45, 2.75) is 89.0 Å². The van der Waals surface area contributed by atoms with Crippen LogP contribution in [-0.2, 0) is 15.9 Å². The van der Waals surface area contributed by atoms with E-state index in [9.17, 15) is 15.3 Å². The number of benzene rings is 2. The summed E-state index contributed by atoms with van der Waals surface area (Å²) in [5.41, 5.74) is -0.513. The van der Waals surface area contributed by atoms with Gasteiger partial charge in [0.15, 0.2) is 5.82 Å². The highest BCUT2D eigenvalue weighted by atomic mass is 19.1. The number of ether oxygens (including phenoxy) is 3. The third-order valence-electron chi connectivity index (χ3n) is 13.0. The van der Waals surface area contributed by atoms with Gasteiger partial charge in [-0.05, 0) is 92.9 Å². The maximum atomic E-state index is 17.2. The molecule has 1 spiro atoms. The first kappa shape index (κ1) is 35.9. The number of hydrogen-bond acceptors (Lipinski definition) is 11. The van der Waals surface area contributed by atoms with Crippen molar-refractivity contribution in [3.05, 3.63) is 47.7 Å². The summed E-state index contributed by atoms with van der Waals surface area (Å²) in [4.78, 5) is 18.7. The van der Waals surface area contributed by atoms with Crippen LogP contribution in [-0.4, -0.2) is 112 Å². The fourth-order valence-corrected chi connectivity index (χ4v) is 10.3. The number of β-amino-alcohol motifs (C(OH)–C–C–N with tert-alkyl or cyclic N) is 1. The van der Waals surface area contributed by atoms with Crippen LogP contribution >= 0.6 is 0 Å². The van der Waals surface area contributed by atoms with Gasteiger partial charge >= 0.3 is 6.01 Å². The molecule has 288 valence electrons. The number of phenolic OH excluding ortho intramolecular Hbond substituents is 1. The SMILES string of the molecule is CCc1c(F)ccc2cc(O)cc(-c3ncc4c(N5CC(CO)OCC(C)(O)C5)nc(OCC56CCCC5N(C5CC7(COC7)C5)CCC6)nc4c3F)c12. The van der Waals surface area contributed by atoms with Crippen LogP contribution in [0.3, 0.4) is 0 Å². The second-order valence-electron chi connectivity index (χ2n) is 16.9. The number of aromatic nitrogens is 3. The first-order valence-corrected chi connectivity index (χ1v) is 19.5. The zero-order valence-corrected chi connectivity index (χ0v) is 31.0. The molecule has 54 heavy (non-hydrogen) atoms. The van der Waals surface area contributed by atoms with Gasteiger partial charge in [0.05, 0.1) is 51.1 Å². The van der Waals surface area contributed by atoms with Crippen LogP contribution in [0, 0.1) is 22.5 Å². The Morgan fingerprint density at radius 2 is 1.89 bits per heavy atom. The number of anilines is 1. The minimum absolute atomic E-state index is 0.00565. The molecule has 0 amide bonds. The minimum Gasteiger partial charge on any atom is -0.508 e. The molecule has 3 saturated heterocycles. The van der Waals surface area contributed by atoms with Gasteiger partial charge in [0.25, 0.3) is 0 Å². The molecular formula is C41H49F2N5O6. The standard InChI is InChI=1S/C41H49F2N5O6/c1-3-28-31(42)8-7-24-12-26(50)13-29(33(24)28)35-34(43)36-30(16-44-35)37(47-17-27(18-49)53-20-39(2,51)19-47)46-38(45-36)54-23-41-9-4-6-32(41)48(11-5-10-41)25-14-40(15-25)21-52-22-40/h7-8,12-13,16,25,27,32,49-51H,3-6,9-11,14-15,17-23H2,1-2H3. The summed E-state index contributed by atoms with van der Waals surface area (Å²) < 4.78 is 50.3. The Labute approximate surface area is 313 Å². The van der Waals surface area contributed by atoms with Gasteiger partial charge in [0.2, 0.25) is 0 Å². The number of halogens is 2. The number of aliphatic hydroxyl groups is 2. The van der Waals surface area contributed by atoms with E-state index >= 15 is 8.78 Å². The highest BCUT2D eigenvalue weighted by Crippen LogP contribution is 2.55. The van der Waals surface area contributed by atoms with Gasteiger partial charge in [-0.3, -0.25) is 9.88 Å². The van der Waals surface area contributed by atoms with E-state index in [0.29, 0.717) is 52.7 Å². The number of pyridine rings is 1. The third-order valence-corrected chi connectivity index (χ3v) is 13.0. The molecule has 3 N–H and O–H groups in total. The van der Waals surface area contributed by atoms with Crippen molar-refractivity contribution in [1.29, 1.82) is 0 Å². The van der Waals surface area contributed by atoms with Crippen LogP contribution < -0.4 is 9.64 Å². The number of fused-ring (bicyclic) bond motifs is 3. The molecule has 0 bridgehead atoms. The fourth-order valence-electron chi connectivity index (χ4n) is 10.3. The zero-order valence-electron chi connectivity index (χ0n) is 31.0. The minimum atomic E-state index is -1.30. The molecule has 2 aromatic heterocycles. The van der Waals surface area contributed by atoms with Crippen LogP contribution in [0.2, 0.25) is 0 Å². The highest BCUT2D eigenvalue weighted by Gasteiger charge is 2.56. The predicted molar refractivity (Wildman–Crippen MR) is 199 cm³/mol. The number of likely N-dealkylation sites (tertiary alicyclic amines) is 1. The van der Waals surface area contributed by atoms with E-state index in [-0.39, 0.29) is 65.6 Å². The average Bonchev–Trinajstić information content (AvgIpc) is 3.48. The van der Waals surface area contributed by atoms with Gasteiger partial charge in [-0.1, -0.05) is 19.4 Å². The molecule has 9 rings (SSSR count). The molecule has 2 aliphatic carbocycles. The molecule has 5 fully saturated rings. The number of aryl methyl sites for hydroxylation is 1. The predicted octanol–water partition coefficient (Wildman–Crippen LogP) is 5.53. The van der Waals surface area contributed by atoms with Crippen molar-refractivity contribution in [3.8, 4) is 23.0 Å². The Morgan fingerprint density at radius 3 is 2.65 bits per heavy atom. The lowest BCUT2D eigenvalue weighted by atomic mass is 9.62. The fraction of sp³-hybridized carbons (Fsp3) is 0.585. The maximum Gasteiger partial charge on any atom is 0.319 e. The van der Waals surface area contributed by atoms with Crippen molar-refractivity contribution in [3.63, 3.8) is 0 Å². The van der Waals surface area contributed by atoms with E-state index in [2.05, 4.69) is 9.88 Å². The smallest absolute Gasteiger partial charge is 0.319 e. The summed E-state index contributed by atoms with van der Waals surface area (Å²) >= 11 is 0. The van der Waals surface area contributed by atoms with Gasteiger partial charge in [-0.25, -0.2) is 8.78 Å². The molecule has 13 heteroatoms. The van der Waals surface area contributed by atoms with Crippen molar-refractivity contribution >= 4 is 27.5 Å². The largest absolute Gasteiger partial charge is 0.508 e. The van der Waals surface area contributed by atoms with Crippen LogP contribution in [0.25, 0.3) is 32.9 Å². The number of hydrogen-bond donors (Lipinski definition) is 3. The first-order valence-electron chi connectivity index (χ1n) is 19.5. The molecule has 0 radical (unpaired) electrons. The lowest BCUT2D eigenvalue weighted by Gasteiger charge is -2.60. The third kappa shape index (κ3) is 6.07. The van der Waals surface area contributed by atoms with Gasteiger partial charge < -0.3 is 34.4 Å². The summed E-state index contributed by atoms with van der Waals surface area (Å²) in [6.45, 7) is 6.66. The molecule has 4 unspecified atom stereocenters. The summed E-state index contributed by atoms with van der Waals surface area (Å²) in [5, 5.41) is 33.4. The highest BCUT2D eigenvalue weighted by molar-refractivity contribution is 6.01. The van der Waals surface area contributed by atoms with Crippen LogP contribution in [0.4, 0.5) is 14.6 Å². The molecule has 4 aromatic rings. The Hall–Kier alpha value is -3.75. The Balaban J connectivity index is 1.13. The average molecular weight is 746 g/mol. The van der Waals surface area contributed by atoms with Gasteiger partial charge in [0, 0.05) is 41.2 Å². The molecule has 5 heterocycles. The second-order valence-corrected chi connectivity index (χ2v) is 16.9. The van der Waals surface area contributed by atoms with E-state index < -0.39 is 23.3 Å². The van der Waals surface area contributed by atoms with E-state index in [1.54, 1.807) is 17.9 Å². The Bertz CT molecular complexity index is 2090. The number of aromatic hydroxyl groups is 1. The molecule has 4 atom stereocenters. The van der Waals surface area contributed by atoms with E-state index in [1.165, 1.54) is 37.2 Å². The number of piperidine rings is 1. The lowest BCUT2D eigenvalue weighted by molar-refractivity contribution is -0.196. The molecule has 5 aliphatic rings. The van der Waals surface area contributed by atoms with Crippen molar-refractivity contribution in [2.75, 3.05) is 57.6 Å². The van der Waals surface area contributed by atoms with E-state index in [0.717, 1.165) is 51.9 Å². The normalized spacial score (nSPS) is 28.6. The molecule has 2 aromatic carbocycles. The molecule has 3 aliphatic heterocycles. The van der Waals surface area contributed by atoms with Crippen molar-refractivity contribution < 1.29 is 38.3 Å².